The predicted octanol–water partition coefficient (Wildman–Crippen LogP) is 5.72. The molecule has 2 rings (SSSR count). The second kappa shape index (κ2) is 12.4. The number of aryl methyl sites for hydroxylation is 1. The zero-order valence-electron chi connectivity index (χ0n) is 18.5. The lowest BCUT2D eigenvalue weighted by molar-refractivity contribution is -0.138. The number of halogens is 2. The van der Waals surface area contributed by atoms with Gasteiger partial charge >= 0.3 is 0 Å². The summed E-state index contributed by atoms with van der Waals surface area (Å²) in [5.41, 5.74) is 3.13. The summed E-state index contributed by atoms with van der Waals surface area (Å²) in [4.78, 5) is 27.4. The van der Waals surface area contributed by atoms with Crippen molar-refractivity contribution >= 4 is 46.8 Å². The molecule has 7 heteroatoms. The Morgan fingerprint density at radius 2 is 1.77 bits per heavy atom. The lowest BCUT2D eigenvalue weighted by Crippen LogP contribution is -2.48. The fraction of sp³-hybridized carbons (Fsp3) is 0.417. The van der Waals surface area contributed by atoms with Gasteiger partial charge in [-0.3, -0.25) is 9.59 Å². The highest BCUT2D eigenvalue weighted by Gasteiger charge is 2.26. The Kier molecular flexibility index (Phi) is 10.2. The van der Waals surface area contributed by atoms with Crippen LogP contribution >= 0.6 is 35.0 Å². The van der Waals surface area contributed by atoms with Gasteiger partial charge in [0.2, 0.25) is 11.8 Å². The quantitative estimate of drug-likeness (QED) is 0.472. The Labute approximate surface area is 199 Å². The number of carbonyl (C=O) groups excluding carboxylic acids is 2. The summed E-state index contributed by atoms with van der Waals surface area (Å²) in [5, 5.41) is 3.95. The van der Waals surface area contributed by atoms with Crippen LogP contribution in [0.1, 0.15) is 37.5 Å². The molecule has 0 unspecified atom stereocenters. The third-order valence-corrected chi connectivity index (χ3v) is 6.49. The predicted molar refractivity (Wildman–Crippen MR) is 132 cm³/mol. The molecule has 1 atom stereocenters. The maximum absolute atomic E-state index is 13.1. The van der Waals surface area contributed by atoms with Crippen molar-refractivity contribution in [2.75, 3.05) is 12.3 Å². The molecular weight excluding hydrogens is 451 g/mol. The van der Waals surface area contributed by atoms with Gasteiger partial charge in [-0.15, -0.1) is 11.8 Å². The number of hydrogen-bond acceptors (Lipinski definition) is 3. The first-order valence-electron chi connectivity index (χ1n) is 10.3. The van der Waals surface area contributed by atoms with E-state index in [2.05, 4.69) is 5.32 Å². The number of amides is 2. The molecule has 0 saturated carbocycles. The van der Waals surface area contributed by atoms with Crippen LogP contribution in [0, 0.1) is 12.8 Å². The number of carbonyl (C=O) groups is 2. The van der Waals surface area contributed by atoms with Gasteiger partial charge in [0, 0.05) is 18.8 Å². The minimum atomic E-state index is -0.558. The van der Waals surface area contributed by atoms with E-state index in [0.29, 0.717) is 34.8 Å². The molecule has 0 fully saturated rings. The first-order valence-corrected chi connectivity index (χ1v) is 12.2. The number of hydrogen-bond donors (Lipinski definition) is 1. The molecule has 31 heavy (non-hydrogen) atoms. The fourth-order valence-electron chi connectivity index (χ4n) is 3.01. The normalized spacial score (nSPS) is 12.0. The molecule has 0 saturated heterocycles. The first kappa shape index (κ1) is 25.6. The van der Waals surface area contributed by atoms with Crippen LogP contribution in [0.25, 0.3) is 0 Å². The van der Waals surface area contributed by atoms with Crippen molar-refractivity contribution in [1.82, 2.24) is 10.2 Å². The summed E-state index contributed by atoms with van der Waals surface area (Å²) < 4.78 is 0. The monoisotopic (exact) mass is 480 g/mol. The van der Waals surface area contributed by atoms with Crippen LogP contribution in [0.5, 0.6) is 0 Å². The van der Waals surface area contributed by atoms with Crippen LogP contribution < -0.4 is 5.32 Å². The largest absolute Gasteiger partial charge is 0.354 e. The summed E-state index contributed by atoms with van der Waals surface area (Å²) >= 11 is 13.5. The molecule has 0 bridgehead atoms. The molecule has 168 valence electrons. The molecule has 2 aromatic rings. The molecule has 2 aromatic carbocycles. The molecule has 0 aliphatic rings. The molecule has 2 amide bonds. The molecule has 0 radical (unpaired) electrons. The van der Waals surface area contributed by atoms with Gasteiger partial charge in [0.15, 0.2) is 0 Å². The van der Waals surface area contributed by atoms with Crippen LogP contribution in [0.4, 0.5) is 0 Å². The lowest BCUT2D eigenvalue weighted by atomic mass is 10.1. The maximum Gasteiger partial charge on any atom is 0.242 e. The SMILES string of the molecule is Cc1cccc(CN(C(=O)CSCc2ccc(Cl)c(Cl)c2)[C@H](C)C(=O)NCC(C)C)c1. The highest BCUT2D eigenvalue weighted by molar-refractivity contribution is 7.99. The molecule has 0 spiro atoms. The van der Waals surface area contributed by atoms with Gasteiger partial charge < -0.3 is 10.2 Å². The van der Waals surface area contributed by atoms with Crippen molar-refractivity contribution in [3.05, 3.63) is 69.2 Å². The van der Waals surface area contributed by atoms with Crippen molar-refractivity contribution in [1.29, 1.82) is 0 Å². The van der Waals surface area contributed by atoms with Crippen LogP contribution in [-0.2, 0) is 21.9 Å². The fourth-order valence-corrected chi connectivity index (χ4v) is 4.19. The van der Waals surface area contributed by atoms with E-state index in [9.17, 15) is 9.59 Å². The Hall–Kier alpha value is -1.69. The Morgan fingerprint density at radius 3 is 2.42 bits per heavy atom. The van der Waals surface area contributed by atoms with E-state index in [1.54, 1.807) is 17.9 Å². The second-order valence-electron chi connectivity index (χ2n) is 8.07. The van der Waals surface area contributed by atoms with Crippen molar-refractivity contribution in [3.63, 3.8) is 0 Å². The van der Waals surface area contributed by atoms with E-state index in [4.69, 9.17) is 23.2 Å². The number of nitrogens with zero attached hydrogens (tertiary/aromatic N) is 1. The molecule has 0 aromatic heterocycles. The van der Waals surface area contributed by atoms with E-state index in [1.807, 2.05) is 57.2 Å². The Balaban J connectivity index is 2.07. The average Bonchev–Trinajstić information content (AvgIpc) is 2.72. The number of nitrogens with one attached hydrogen (secondary N) is 1. The van der Waals surface area contributed by atoms with Crippen molar-refractivity contribution in [2.24, 2.45) is 5.92 Å². The second-order valence-corrected chi connectivity index (χ2v) is 9.87. The highest BCUT2D eigenvalue weighted by atomic mass is 35.5. The van der Waals surface area contributed by atoms with Crippen LogP contribution in [-0.4, -0.2) is 35.1 Å². The van der Waals surface area contributed by atoms with Gasteiger partial charge in [0.05, 0.1) is 15.8 Å². The van der Waals surface area contributed by atoms with Gasteiger partial charge in [-0.25, -0.2) is 0 Å². The van der Waals surface area contributed by atoms with Crippen molar-refractivity contribution in [3.8, 4) is 0 Å². The van der Waals surface area contributed by atoms with Gasteiger partial charge in [-0.2, -0.15) is 0 Å². The van der Waals surface area contributed by atoms with Gasteiger partial charge in [-0.1, -0.05) is 72.9 Å². The zero-order valence-corrected chi connectivity index (χ0v) is 20.8. The van der Waals surface area contributed by atoms with Gasteiger partial charge in [0.1, 0.15) is 6.04 Å². The van der Waals surface area contributed by atoms with E-state index in [0.717, 1.165) is 16.7 Å². The molecule has 4 nitrogen and oxygen atoms in total. The van der Waals surface area contributed by atoms with E-state index in [-0.39, 0.29) is 17.6 Å². The van der Waals surface area contributed by atoms with Gasteiger partial charge in [0.25, 0.3) is 0 Å². The highest BCUT2D eigenvalue weighted by Crippen LogP contribution is 2.25. The summed E-state index contributed by atoms with van der Waals surface area (Å²) in [6.07, 6.45) is 0. The number of rotatable bonds is 10. The lowest BCUT2D eigenvalue weighted by Gasteiger charge is -2.29. The van der Waals surface area contributed by atoms with Crippen LogP contribution in [0.15, 0.2) is 42.5 Å². The van der Waals surface area contributed by atoms with E-state index >= 15 is 0 Å². The summed E-state index contributed by atoms with van der Waals surface area (Å²) in [6, 6.07) is 12.9. The molecule has 0 aliphatic carbocycles. The molecule has 1 N–H and O–H groups in total. The average molecular weight is 481 g/mol. The number of thioether (sulfide) groups is 1. The maximum atomic E-state index is 13.1. The Bertz CT molecular complexity index is 905. The van der Waals surface area contributed by atoms with E-state index in [1.165, 1.54) is 11.8 Å². The summed E-state index contributed by atoms with van der Waals surface area (Å²) in [6.45, 7) is 8.86. The zero-order chi connectivity index (χ0) is 23.0. The Morgan fingerprint density at radius 1 is 1.03 bits per heavy atom. The summed E-state index contributed by atoms with van der Waals surface area (Å²) in [5.74, 6) is 1.05. The molecule has 0 aliphatic heterocycles. The third kappa shape index (κ3) is 8.40. The minimum Gasteiger partial charge on any atom is -0.354 e. The minimum absolute atomic E-state index is 0.0706. The third-order valence-electron chi connectivity index (χ3n) is 4.77. The standard InChI is InChI=1S/C24H30Cl2N2O2S/c1-16(2)12-27-24(30)18(4)28(13-19-7-5-6-17(3)10-19)23(29)15-31-14-20-8-9-21(25)22(26)11-20/h5-11,16,18H,12-15H2,1-4H3,(H,27,30)/t18-/m1/s1. The van der Waals surface area contributed by atoms with Crippen molar-refractivity contribution in [2.45, 2.75) is 46.0 Å². The first-order chi connectivity index (χ1) is 14.7. The van der Waals surface area contributed by atoms with Crippen LogP contribution in [0.3, 0.4) is 0 Å². The molecule has 0 heterocycles. The van der Waals surface area contributed by atoms with Gasteiger partial charge in [-0.05, 0) is 43.0 Å². The van der Waals surface area contributed by atoms with Crippen molar-refractivity contribution < 1.29 is 9.59 Å². The smallest absolute Gasteiger partial charge is 0.242 e. The topological polar surface area (TPSA) is 49.4 Å². The number of benzene rings is 2. The van der Waals surface area contributed by atoms with Crippen LogP contribution in [0.2, 0.25) is 10.0 Å². The summed E-state index contributed by atoms with van der Waals surface area (Å²) in [7, 11) is 0. The van der Waals surface area contributed by atoms with E-state index < -0.39 is 6.04 Å². The molecular formula is C24H30Cl2N2O2S.